The highest BCUT2D eigenvalue weighted by atomic mass is 19.4. The molecule has 0 unspecified atom stereocenters. The van der Waals surface area contributed by atoms with E-state index in [2.05, 4.69) is 5.32 Å². The monoisotopic (exact) mass is 414 g/mol. The van der Waals surface area contributed by atoms with Crippen LogP contribution in [0.4, 0.5) is 18.9 Å². The van der Waals surface area contributed by atoms with E-state index in [-0.39, 0.29) is 6.61 Å². The van der Waals surface area contributed by atoms with Crippen molar-refractivity contribution in [1.29, 1.82) is 0 Å². The molecular formula is C22H17F3N2O3. The molecule has 3 aromatic rings. The minimum Gasteiger partial charge on any atom is -0.484 e. The first kappa shape index (κ1) is 20.9. The third kappa shape index (κ3) is 5.16. The van der Waals surface area contributed by atoms with Crippen LogP contribution in [0.2, 0.25) is 0 Å². The molecule has 0 saturated heterocycles. The number of anilines is 1. The molecule has 0 fully saturated rings. The topological polar surface area (TPSA) is 81.4 Å². The van der Waals surface area contributed by atoms with Gasteiger partial charge < -0.3 is 15.8 Å². The SMILES string of the molecule is NC(=O)COc1ccc(NC(=O)c2ccccc2-c2ccc(C(F)(F)F)cc2)cc1. The first-order valence-electron chi connectivity index (χ1n) is 8.83. The van der Waals surface area contributed by atoms with Crippen LogP contribution in [0, 0.1) is 0 Å². The highest BCUT2D eigenvalue weighted by Crippen LogP contribution is 2.32. The van der Waals surface area contributed by atoms with E-state index in [9.17, 15) is 22.8 Å². The summed E-state index contributed by atoms with van der Waals surface area (Å²) in [6, 6.07) is 17.6. The maximum absolute atomic E-state index is 12.8. The lowest BCUT2D eigenvalue weighted by atomic mass is 9.98. The summed E-state index contributed by atoms with van der Waals surface area (Å²) in [5, 5.41) is 2.73. The van der Waals surface area contributed by atoms with Crippen LogP contribution < -0.4 is 15.8 Å². The third-order valence-electron chi connectivity index (χ3n) is 4.19. The third-order valence-corrected chi connectivity index (χ3v) is 4.19. The Balaban J connectivity index is 1.78. The van der Waals surface area contributed by atoms with E-state index in [4.69, 9.17) is 10.5 Å². The molecule has 0 radical (unpaired) electrons. The van der Waals surface area contributed by atoms with Crippen LogP contribution in [0.5, 0.6) is 5.75 Å². The van der Waals surface area contributed by atoms with Crippen molar-refractivity contribution in [3.63, 3.8) is 0 Å². The summed E-state index contributed by atoms with van der Waals surface area (Å²) in [6.45, 7) is -0.258. The molecule has 0 saturated carbocycles. The highest BCUT2D eigenvalue weighted by Gasteiger charge is 2.30. The van der Waals surface area contributed by atoms with E-state index < -0.39 is 23.6 Å². The normalized spacial score (nSPS) is 11.0. The minimum atomic E-state index is -4.43. The Hall–Kier alpha value is -3.81. The molecule has 0 atom stereocenters. The number of nitrogens with one attached hydrogen (secondary N) is 1. The molecule has 0 aromatic heterocycles. The van der Waals surface area contributed by atoms with Gasteiger partial charge in [-0.3, -0.25) is 9.59 Å². The zero-order chi connectivity index (χ0) is 21.7. The molecule has 0 aliphatic heterocycles. The van der Waals surface area contributed by atoms with E-state index in [1.165, 1.54) is 12.1 Å². The lowest BCUT2D eigenvalue weighted by Gasteiger charge is -2.12. The Morgan fingerprint density at radius 1 is 0.900 bits per heavy atom. The summed E-state index contributed by atoms with van der Waals surface area (Å²) in [6.07, 6.45) is -4.43. The standard InChI is InChI=1S/C22H17F3N2O3/c23-22(24,25)15-7-5-14(6-8-15)18-3-1-2-4-19(18)21(29)27-16-9-11-17(12-10-16)30-13-20(26)28/h1-12H,13H2,(H2,26,28)(H,27,29). The number of hydrogen-bond donors (Lipinski definition) is 2. The molecule has 0 aliphatic rings. The average molecular weight is 414 g/mol. The Bertz CT molecular complexity index is 1050. The van der Waals surface area contributed by atoms with Gasteiger partial charge in [0, 0.05) is 11.3 Å². The molecule has 154 valence electrons. The first-order valence-corrected chi connectivity index (χ1v) is 8.83. The van der Waals surface area contributed by atoms with Crippen LogP contribution >= 0.6 is 0 Å². The van der Waals surface area contributed by atoms with Gasteiger partial charge >= 0.3 is 6.18 Å². The van der Waals surface area contributed by atoms with Crippen LogP contribution in [0.25, 0.3) is 11.1 Å². The van der Waals surface area contributed by atoms with E-state index in [0.717, 1.165) is 12.1 Å². The first-order chi connectivity index (χ1) is 14.2. The van der Waals surface area contributed by atoms with Crippen LogP contribution in [0.15, 0.2) is 72.8 Å². The van der Waals surface area contributed by atoms with Crippen molar-refractivity contribution in [2.45, 2.75) is 6.18 Å². The summed E-state index contributed by atoms with van der Waals surface area (Å²) < 4.78 is 43.5. The maximum Gasteiger partial charge on any atom is 0.416 e. The van der Waals surface area contributed by atoms with Crippen molar-refractivity contribution < 1.29 is 27.5 Å². The molecule has 3 rings (SSSR count). The number of nitrogens with two attached hydrogens (primary N) is 1. The van der Waals surface area contributed by atoms with Crippen molar-refractivity contribution in [3.05, 3.63) is 83.9 Å². The van der Waals surface area contributed by atoms with Crippen molar-refractivity contribution in [2.75, 3.05) is 11.9 Å². The molecule has 30 heavy (non-hydrogen) atoms. The lowest BCUT2D eigenvalue weighted by molar-refractivity contribution is -0.137. The fourth-order valence-corrected chi connectivity index (χ4v) is 2.76. The van der Waals surface area contributed by atoms with Gasteiger partial charge in [-0.05, 0) is 53.6 Å². The zero-order valence-electron chi connectivity index (χ0n) is 15.6. The molecule has 3 N–H and O–H groups in total. The molecule has 0 bridgehead atoms. The molecular weight excluding hydrogens is 397 g/mol. The van der Waals surface area contributed by atoms with E-state index in [1.54, 1.807) is 48.5 Å². The van der Waals surface area contributed by atoms with Gasteiger partial charge in [-0.25, -0.2) is 0 Å². The molecule has 3 aromatic carbocycles. The predicted octanol–water partition coefficient (Wildman–Crippen LogP) is 4.49. The number of halogens is 3. The van der Waals surface area contributed by atoms with Crippen LogP contribution in [-0.2, 0) is 11.0 Å². The quantitative estimate of drug-likeness (QED) is 0.624. The maximum atomic E-state index is 12.8. The Morgan fingerprint density at radius 3 is 2.13 bits per heavy atom. The van der Waals surface area contributed by atoms with Gasteiger partial charge in [0.2, 0.25) is 0 Å². The van der Waals surface area contributed by atoms with Crippen LogP contribution in [0.1, 0.15) is 15.9 Å². The van der Waals surface area contributed by atoms with Gasteiger partial charge in [0.1, 0.15) is 5.75 Å². The minimum absolute atomic E-state index is 0.258. The molecule has 2 amide bonds. The number of primary amides is 1. The van der Waals surface area contributed by atoms with Gasteiger partial charge in [-0.2, -0.15) is 13.2 Å². The number of benzene rings is 3. The van der Waals surface area contributed by atoms with Crippen LogP contribution in [0.3, 0.4) is 0 Å². The largest absolute Gasteiger partial charge is 0.484 e. The van der Waals surface area contributed by atoms with Crippen molar-refractivity contribution in [1.82, 2.24) is 0 Å². The Kier molecular flexibility index (Phi) is 6.06. The number of hydrogen-bond acceptors (Lipinski definition) is 3. The summed E-state index contributed by atoms with van der Waals surface area (Å²) >= 11 is 0. The van der Waals surface area contributed by atoms with Gasteiger partial charge in [-0.15, -0.1) is 0 Å². The molecule has 0 heterocycles. The zero-order valence-corrected chi connectivity index (χ0v) is 15.6. The predicted molar refractivity (Wildman–Crippen MR) is 106 cm³/mol. The van der Waals surface area contributed by atoms with Crippen molar-refractivity contribution in [3.8, 4) is 16.9 Å². The van der Waals surface area contributed by atoms with Crippen molar-refractivity contribution in [2.24, 2.45) is 5.73 Å². The fourth-order valence-electron chi connectivity index (χ4n) is 2.76. The van der Waals surface area contributed by atoms with Crippen LogP contribution in [-0.4, -0.2) is 18.4 Å². The summed E-state index contributed by atoms with van der Waals surface area (Å²) in [7, 11) is 0. The number of alkyl halides is 3. The summed E-state index contributed by atoms with van der Waals surface area (Å²) in [5.41, 5.74) is 6.04. The Labute approximate surface area is 170 Å². The van der Waals surface area contributed by atoms with Gasteiger partial charge in [0.05, 0.1) is 5.56 Å². The smallest absolute Gasteiger partial charge is 0.416 e. The second kappa shape index (κ2) is 8.69. The van der Waals surface area contributed by atoms with Gasteiger partial charge in [0.15, 0.2) is 6.61 Å². The number of carbonyl (C=O) groups is 2. The number of rotatable bonds is 6. The van der Waals surface area contributed by atoms with E-state index >= 15 is 0 Å². The average Bonchev–Trinajstić information content (AvgIpc) is 2.72. The highest BCUT2D eigenvalue weighted by molar-refractivity contribution is 6.08. The summed E-state index contributed by atoms with van der Waals surface area (Å²) in [4.78, 5) is 23.5. The number of amides is 2. The number of ether oxygens (including phenoxy) is 1. The molecule has 0 aliphatic carbocycles. The van der Waals surface area contributed by atoms with Gasteiger partial charge in [0.25, 0.3) is 11.8 Å². The molecule has 5 nitrogen and oxygen atoms in total. The second-order valence-electron chi connectivity index (χ2n) is 6.35. The molecule has 0 spiro atoms. The van der Waals surface area contributed by atoms with E-state index in [1.807, 2.05) is 0 Å². The Morgan fingerprint density at radius 2 is 1.53 bits per heavy atom. The second-order valence-corrected chi connectivity index (χ2v) is 6.35. The molecule has 8 heteroatoms. The number of carbonyl (C=O) groups excluding carboxylic acids is 2. The van der Waals surface area contributed by atoms with E-state index in [0.29, 0.717) is 28.1 Å². The summed E-state index contributed by atoms with van der Waals surface area (Å²) in [5.74, 6) is -0.611. The van der Waals surface area contributed by atoms with Gasteiger partial charge in [-0.1, -0.05) is 30.3 Å². The lowest BCUT2D eigenvalue weighted by Crippen LogP contribution is -2.20. The fraction of sp³-hybridized carbons (Fsp3) is 0.0909. The van der Waals surface area contributed by atoms with Crippen molar-refractivity contribution >= 4 is 17.5 Å².